The highest BCUT2D eigenvalue weighted by Crippen LogP contribution is 2.38. The molecule has 7 nitrogen and oxygen atoms in total. The molecular formula is C27H33ClN2O5. The van der Waals surface area contributed by atoms with E-state index in [0.29, 0.717) is 81.6 Å². The first-order chi connectivity index (χ1) is 16.9. The standard InChI is InChI=1S/C27H33ClN2O5/c1-20-17-21(7-8-23(20)28)35-19-27(18-25(31)29-13-15-34-16-14-29)9-11-30(12-10-27)26(32)22-5-3-4-6-24(22)33-2/h3-8,17H,9-16,18-19H2,1-2H3. The Kier molecular flexibility index (Phi) is 8.19. The first-order valence-electron chi connectivity index (χ1n) is 12.1. The molecular weight excluding hydrogens is 468 g/mol. The molecule has 35 heavy (non-hydrogen) atoms. The minimum absolute atomic E-state index is 0.0511. The lowest BCUT2D eigenvalue weighted by atomic mass is 9.75. The second-order valence-corrected chi connectivity index (χ2v) is 9.77. The van der Waals surface area contributed by atoms with Crippen LogP contribution in [0.1, 0.15) is 35.2 Å². The molecule has 2 heterocycles. The van der Waals surface area contributed by atoms with E-state index in [9.17, 15) is 9.59 Å². The van der Waals surface area contributed by atoms with E-state index >= 15 is 0 Å². The molecule has 0 aromatic heterocycles. The lowest BCUT2D eigenvalue weighted by Crippen LogP contribution is -2.49. The predicted octanol–water partition coefficient (Wildman–Crippen LogP) is 4.21. The number of hydrogen-bond donors (Lipinski definition) is 0. The van der Waals surface area contributed by atoms with Crippen molar-refractivity contribution in [2.45, 2.75) is 26.2 Å². The summed E-state index contributed by atoms with van der Waals surface area (Å²) in [7, 11) is 1.57. The zero-order valence-corrected chi connectivity index (χ0v) is 21.2. The van der Waals surface area contributed by atoms with E-state index in [0.717, 1.165) is 11.3 Å². The maximum atomic E-state index is 13.2. The zero-order chi connectivity index (χ0) is 24.8. The smallest absolute Gasteiger partial charge is 0.257 e. The molecule has 0 N–H and O–H groups in total. The van der Waals surface area contributed by atoms with Gasteiger partial charge in [0.15, 0.2) is 0 Å². The van der Waals surface area contributed by atoms with Crippen molar-refractivity contribution < 1.29 is 23.8 Å². The van der Waals surface area contributed by atoms with Crippen LogP contribution in [0.15, 0.2) is 42.5 Å². The number of nitrogens with zero attached hydrogens (tertiary/aromatic N) is 2. The fraction of sp³-hybridized carbons (Fsp3) is 0.481. The quantitative estimate of drug-likeness (QED) is 0.569. The van der Waals surface area contributed by atoms with Crippen LogP contribution in [0.25, 0.3) is 0 Å². The van der Waals surface area contributed by atoms with Crippen molar-refractivity contribution in [1.82, 2.24) is 9.80 Å². The van der Waals surface area contributed by atoms with Crippen LogP contribution in [0.2, 0.25) is 5.02 Å². The number of piperidine rings is 1. The summed E-state index contributed by atoms with van der Waals surface area (Å²) in [5.41, 5.74) is 1.14. The monoisotopic (exact) mass is 500 g/mol. The van der Waals surface area contributed by atoms with Gasteiger partial charge in [-0.15, -0.1) is 0 Å². The average Bonchev–Trinajstić information content (AvgIpc) is 2.90. The van der Waals surface area contributed by atoms with Crippen LogP contribution >= 0.6 is 11.6 Å². The van der Waals surface area contributed by atoms with Crippen molar-refractivity contribution >= 4 is 23.4 Å². The Bertz CT molecular complexity index is 1050. The van der Waals surface area contributed by atoms with Gasteiger partial charge in [0.1, 0.15) is 11.5 Å². The number of likely N-dealkylation sites (tertiary alicyclic amines) is 1. The highest BCUT2D eigenvalue weighted by atomic mass is 35.5. The van der Waals surface area contributed by atoms with Crippen LogP contribution < -0.4 is 9.47 Å². The maximum absolute atomic E-state index is 13.2. The van der Waals surface area contributed by atoms with Gasteiger partial charge >= 0.3 is 0 Å². The SMILES string of the molecule is COc1ccccc1C(=O)N1CCC(COc2ccc(Cl)c(C)c2)(CC(=O)N2CCOCC2)CC1. The number of ether oxygens (including phenoxy) is 3. The predicted molar refractivity (Wildman–Crippen MR) is 134 cm³/mol. The Balaban J connectivity index is 1.48. The number of carbonyl (C=O) groups is 2. The Morgan fingerprint density at radius 2 is 1.74 bits per heavy atom. The second kappa shape index (κ2) is 11.3. The van der Waals surface area contributed by atoms with Gasteiger partial charge in [-0.05, 0) is 55.7 Å². The molecule has 4 rings (SSSR count). The van der Waals surface area contributed by atoms with Gasteiger partial charge in [-0.3, -0.25) is 9.59 Å². The maximum Gasteiger partial charge on any atom is 0.257 e. The summed E-state index contributed by atoms with van der Waals surface area (Å²) in [6, 6.07) is 12.9. The highest BCUT2D eigenvalue weighted by Gasteiger charge is 2.40. The molecule has 8 heteroatoms. The normalized spacial score (nSPS) is 17.7. The van der Waals surface area contributed by atoms with Gasteiger partial charge in [-0.2, -0.15) is 0 Å². The number of aryl methyl sites for hydroxylation is 1. The number of morpholine rings is 1. The number of halogens is 1. The summed E-state index contributed by atoms with van der Waals surface area (Å²) in [5, 5.41) is 0.692. The topological polar surface area (TPSA) is 68.3 Å². The number of carbonyl (C=O) groups excluding carboxylic acids is 2. The summed E-state index contributed by atoms with van der Waals surface area (Å²) < 4.78 is 17.0. The molecule has 2 amide bonds. The molecule has 0 saturated carbocycles. The van der Waals surface area contributed by atoms with E-state index < -0.39 is 0 Å². The molecule has 2 saturated heterocycles. The van der Waals surface area contributed by atoms with Crippen LogP contribution in [0.5, 0.6) is 11.5 Å². The number of rotatable bonds is 7. The minimum atomic E-state index is -0.361. The number of para-hydroxylation sites is 1. The van der Waals surface area contributed by atoms with Crippen molar-refractivity contribution in [2.75, 3.05) is 53.1 Å². The first kappa shape index (κ1) is 25.3. The van der Waals surface area contributed by atoms with E-state index in [4.69, 9.17) is 25.8 Å². The van der Waals surface area contributed by atoms with Crippen LogP contribution in [0, 0.1) is 12.3 Å². The summed E-state index contributed by atoms with van der Waals surface area (Å²) in [4.78, 5) is 30.2. The fourth-order valence-electron chi connectivity index (χ4n) is 4.74. The van der Waals surface area contributed by atoms with Crippen LogP contribution in [0.3, 0.4) is 0 Å². The molecule has 2 aromatic carbocycles. The third kappa shape index (κ3) is 6.08. The van der Waals surface area contributed by atoms with Crippen molar-refractivity contribution in [3.8, 4) is 11.5 Å². The molecule has 0 unspecified atom stereocenters. The third-order valence-corrected chi connectivity index (χ3v) is 7.44. The molecule has 0 bridgehead atoms. The van der Waals surface area contributed by atoms with Gasteiger partial charge in [0.05, 0.1) is 32.5 Å². The summed E-state index contributed by atoms with van der Waals surface area (Å²) in [5.74, 6) is 1.37. The van der Waals surface area contributed by atoms with Gasteiger partial charge in [0.25, 0.3) is 5.91 Å². The third-order valence-electron chi connectivity index (χ3n) is 7.01. The minimum Gasteiger partial charge on any atom is -0.496 e. The van der Waals surface area contributed by atoms with Crippen LogP contribution in [-0.4, -0.2) is 74.7 Å². The number of amides is 2. The Morgan fingerprint density at radius 3 is 2.43 bits per heavy atom. The van der Waals surface area contributed by atoms with E-state index in [1.54, 1.807) is 19.2 Å². The lowest BCUT2D eigenvalue weighted by Gasteiger charge is -2.42. The fourth-order valence-corrected chi connectivity index (χ4v) is 4.85. The second-order valence-electron chi connectivity index (χ2n) is 9.36. The molecule has 2 aliphatic heterocycles. The van der Waals surface area contributed by atoms with Crippen molar-refractivity contribution in [3.05, 3.63) is 58.6 Å². The highest BCUT2D eigenvalue weighted by molar-refractivity contribution is 6.31. The summed E-state index contributed by atoms with van der Waals surface area (Å²) in [6.45, 7) is 5.82. The number of methoxy groups -OCH3 is 1. The van der Waals surface area contributed by atoms with Gasteiger partial charge in [0, 0.05) is 43.0 Å². The van der Waals surface area contributed by atoms with Crippen molar-refractivity contribution in [2.24, 2.45) is 5.41 Å². The lowest BCUT2D eigenvalue weighted by molar-refractivity contribution is -0.139. The largest absolute Gasteiger partial charge is 0.496 e. The molecule has 0 radical (unpaired) electrons. The van der Waals surface area contributed by atoms with E-state index in [1.165, 1.54) is 0 Å². The Hall–Kier alpha value is -2.77. The first-order valence-corrected chi connectivity index (χ1v) is 12.5. The Labute approximate surface area is 211 Å². The summed E-state index contributed by atoms with van der Waals surface area (Å²) >= 11 is 6.17. The van der Waals surface area contributed by atoms with Gasteiger partial charge in [-0.25, -0.2) is 0 Å². The average molecular weight is 501 g/mol. The molecule has 2 fully saturated rings. The molecule has 0 aliphatic carbocycles. The number of benzene rings is 2. The van der Waals surface area contributed by atoms with E-state index in [2.05, 4.69) is 0 Å². The molecule has 188 valence electrons. The van der Waals surface area contributed by atoms with Gasteiger partial charge in [-0.1, -0.05) is 23.7 Å². The van der Waals surface area contributed by atoms with Gasteiger partial charge < -0.3 is 24.0 Å². The van der Waals surface area contributed by atoms with Crippen molar-refractivity contribution in [3.63, 3.8) is 0 Å². The Morgan fingerprint density at radius 1 is 1.03 bits per heavy atom. The van der Waals surface area contributed by atoms with E-state index in [-0.39, 0.29) is 17.2 Å². The zero-order valence-electron chi connectivity index (χ0n) is 20.4. The van der Waals surface area contributed by atoms with Gasteiger partial charge in [0.2, 0.25) is 5.91 Å². The molecule has 0 spiro atoms. The van der Waals surface area contributed by atoms with E-state index in [1.807, 2.05) is 47.1 Å². The molecule has 2 aliphatic rings. The molecule has 2 aromatic rings. The van der Waals surface area contributed by atoms with Crippen LogP contribution in [0.4, 0.5) is 0 Å². The molecule has 0 atom stereocenters. The van der Waals surface area contributed by atoms with Crippen LogP contribution in [-0.2, 0) is 9.53 Å². The van der Waals surface area contributed by atoms with Crippen molar-refractivity contribution in [1.29, 1.82) is 0 Å². The summed E-state index contributed by atoms with van der Waals surface area (Å²) in [6.07, 6.45) is 1.74. The number of hydrogen-bond acceptors (Lipinski definition) is 5.